The average molecular weight is 370 g/mol. The lowest BCUT2D eigenvalue weighted by atomic mass is 10.0. The maximum absolute atomic E-state index is 13.0. The Bertz CT molecular complexity index is 958. The number of unbranched alkanes of at least 4 members (excludes halogenated alkanes) is 1. The monoisotopic (exact) mass is 370 g/mol. The molecule has 3 N–H and O–H groups in total. The Morgan fingerprint density at radius 3 is 2.70 bits per heavy atom. The minimum atomic E-state index is -0.195. The fraction of sp³-hybridized carbons (Fsp3) is 0.450. The van der Waals surface area contributed by atoms with Gasteiger partial charge in [-0.1, -0.05) is 24.9 Å². The molecule has 7 heteroatoms. The fourth-order valence-corrected chi connectivity index (χ4v) is 3.26. The third-order valence-corrected chi connectivity index (χ3v) is 4.70. The highest BCUT2D eigenvalue weighted by atomic mass is 16.5. The molecular weight excluding hydrogens is 344 g/mol. The number of nitrogens with zero attached hydrogens (tertiary/aromatic N) is 2. The van der Waals surface area contributed by atoms with Crippen molar-refractivity contribution in [2.45, 2.75) is 53.0 Å². The number of pyridine rings is 1. The van der Waals surface area contributed by atoms with Crippen LogP contribution in [-0.2, 0) is 0 Å². The van der Waals surface area contributed by atoms with E-state index in [1.807, 2.05) is 19.9 Å². The van der Waals surface area contributed by atoms with Crippen LogP contribution in [0.4, 0.5) is 0 Å². The zero-order chi connectivity index (χ0) is 19.6. The number of aromatic nitrogens is 2. The van der Waals surface area contributed by atoms with Crippen molar-refractivity contribution in [2.75, 3.05) is 6.54 Å². The summed E-state index contributed by atoms with van der Waals surface area (Å²) in [6, 6.07) is 3.60. The summed E-state index contributed by atoms with van der Waals surface area (Å²) >= 11 is 0. The van der Waals surface area contributed by atoms with E-state index < -0.39 is 0 Å². The molecule has 0 aliphatic heterocycles. The molecule has 0 radical (unpaired) electrons. The quantitative estimate of drug-likeness (QED) is 0.657. The minimum absolute atomic E-state index is 0.0674. The molecule has 0 saturated carbocycles. The molecule has 1 amide bonds. The summed E-state index contributed by atoms with van der Waals surface area (Å²) in [5.74, 6) is 1.33. The normalized spacial score (nSPS) is 12.5. The van der Waals surface area contributed by atoms with Crippen LogP contribution in [0.5, 0.6) is 0 Å². The molecule has 3 aromatic heterocycles. The van der Waals surface area contributed by atoms with Crippen LogP contribution in [0.3, 0.4) is 0 Å². The summed E-state index contributed by atoms with van der Waals surface area (Å²) in [4.78, 5) is 17.6. The van der Waals surface area contributed by atoms with Gasteiger partial charge in [0.25, 0.3) is 11.6 Å². The number of carbonyl (C=O) groups excluding carboxylic acids is 1. The number of hydrogen-bond donors (Lipinski definition) is 2. The van der Waals surface area contributed by atoms with E-state index in [0.717, 1.165) is 36.3 Å². The molecule has 0 bridgehead atoms. The molecule has 27 heavy (non-hydrogen) atoms. The van der Waals surface area contributed by atoms with Crippen LogP contribution in [0.1, 0.15) is 53.8 Å². The molecule has 7 nitrogen and oxygen atoms in total. The van der Waals surface area contributed by atoms with Gasteiger partial charge in [0, 0.05) is 18.2 Å². The summed E-state index contributed by atoms with van der Waals surface area (Å²) < 4.78 is 11.0. The second-order valence-electron chi connectivity index (χ2n) is 6.88. The van der Waals surface area contributed by atoms with E-state index in [2.05, 4.69) is 22.4 Å². The van der Waals surface area contributed by atoms with Crippen LogP contribution in [0, 0.1) is 20.8 Å². The first-order valence-corrected chi connectivity index (χ1v) is 9.30. The van der Waals surface area contributed by atoms with Crippen molar-refractivity contribution in [3.63, 3.8) is 0 Å². The molecular formula is C20H26N4O3. The lowest BCUT2D eigenvalue weighted by molar-refractivity contribution is 0.0937. The van der Waals surface area contributed by atoms with Crippen molar-refractivity contribution in [3.8, 4) is 11.3 Å². The highest BCUT2D eigenvalue weighted by Crippen LogP contribution is 2.30. The number of furan rings is 1. The van der Waals surface area contributed by atoms with Crippen LogP contribution in [-0.4, -0.2) is 28.6 Å². The van der Waals surface area contributed by atoms with Crippen molar-refractivity contribution < 1.29 is 13.7 Å². The van der Waals surface area contributed by atoms with Crippen LogP contribution in [0.15, 0.2) is 21.1 Å². The maximum atomic E-state index is 13.0. The lowest BCUT2D eigenvalue weighted by Gasteiger charge is -2.17. The van der Waals surface area contributed by atoms with Gasteiger partial charge >= 0.3 is 0 Å². The Kier molecular flexibility index (Phi) is 5.60. The number of rotatable bonds is 7. The smallest absolute Gasteiger partial charge is 0.259 e. The van der Waals surface area contributed by atoms with Crippen molar-refractivity contribution in [1.82, 2.24) is 15.5 Å². The molecule has 1 atom stereocenters. The van der Waals surface area contributed by atoms with Gasteiger partial charge in [-0.3, -0.25) is 4.79 Å². The van der Waals surface area contributed by atoms with Crippen LogP contribution < -0.4 is 11.1 Å². The maximum Gasteiger partial charge on any atom is 0.259 e. The molecule has 3 aromatic rings. The van der Waals surface area contributed by atoms with Crippen molar-refractivity contribution in [3.05, 3.63) is 34.9 Å². The van der Waals surface area contributed by atoms with Gasteiger partial charge < -0.3 is 20.0 Å². The van der Waals surface area contributed by atoms with Gasteiger partial charge in [0.2, 0.25) is 0 Å². The van der Waals surface area contributed by atoms with Crippen molar-refractivity contribution >= 4 is 17.0 Å². The molecule has 0 aliphatic carbocycles. The van der Waals surface area contributed by atoms with E-state index in [1.54, 1.807) is 13.0 Å². The Morgan fingerprint density at radius 1 is 1.30 bits per heavy atom. The number of amides is 1. The zero-order valence-electron chi connectivity index (χ0n) is 16.3. The minimum Gasteiger partial charge on any atom is -0.466 e. The van der Waals surface area contributed by atoms with Gasteiger partial charge in [-0.2, -0.15) is 0 Å². The van der Waals surface area contributed by atoms with Crippen LogP contribution >= 0.6 is 0 Å². The Morgan fingerprint density at radius 2 is 2.07 bits per heavy atom. The van der Waals surface area contributed by atoms with Gasteiger partial charge in [-0.25, -0.2) is 4.98 Å². The van der Waals surface area contributed by atoms with Crippen LogP contribution in [0.25, 0.3) is 22.4 Å². The molecule has 0 spiro atoms. The molecule has 0 saturated heterocycles. The van der Waals surface area contributed by atoms with Gasteiger partial charge in [0.05, 0.1) is 22.3 Å². The standard InChI is InChI=1S/C20H26N4O3/c1-5-6-7-14(10-21)22-19(25)16-9-17(15-8-11(2)26-13(15)4)23-20-18(16)12(3)24-27-20/h8-9,14H,5-7,10,21H2,1-4H3,(H,22,25). The number of nitrogens with one attached hydrogen (secondary N) is 1. The first-order chi connectivity index (χ1) is 12.9. The summed E-state index contributed by atoms with van der Waals surface area (Å²) in [5, 5.41) is 7.65. The van der Waals surface area contributed by atoms with E-state index in [9.17, 15) is 4.79 Å². The third-order valence-electron chi connectivity index (χ3n) is 4.70. The van der Waals surface area contributed by atoms with E-state index in [0.29, 0.717) is 34.6 Å². The van der Waals surface area contributed by atoms with Gasteiger partial charge in [-0.15, -0.1) is 0 Å². The number of fused-ring (bicyclic) bond motifs is 1. The lowest BCUT2D eigenvalue weighted by Crippen LogP contribution is -2.40. The van der Waals surface area contributed by atoms with E-state index in [1.165, 1.54) is 0 Å². The number of hydrogen-bond acceptors (Lipinski definition) is 6. The predicted molar refractivity (Wildman–Crippen MR) is 104 cm³/mol. The van der Waals surface area contributed by atoms with Crippen molar-refractivity contribution in [2.24, 2.45) is 5.73 Å². The highest BCUT2D eigenvalue weighted by Gasteiger charge is 2.22. The molecule has 0 fully saturated rings. The summed E-state index contributed by atoms with van der Waals surface area (Å²) in [6.07, 6.45) is 2.92. The first kappa shape index (κ1) is 19.1. The Labute approximate surface area is 158 Å². The number of nitrogens with two attached hydrogens (primary N) is 1. The van der Waals surface area contributed by atoms with Gasteiger partial charge in [-0.05, 0) is 39.3 Å². The van der Waals surface area contributed by atoms with E-state index >= 15 is 0 Å². The van der Waals surface area contributed by atoms with Crippen LogP contribution in [0.2, 0.25) is 0 Å². The van der Waals surface area contributed by atoms with Crippen molar-refractivity contribution in [1.29, 1.82) is 0 Å². The summed E-state index contributed by atoms with van der Waals surface area (Å²) in [5.41, 5.74) is 8.75. The predicted octanol–water partition coefficient (Wildman–Crippen LogP) is 3.66. The van der Waals surface area contributed by atoms with E-state index in [-0.39, 0.29) is 11.9 Å². The zero-order valence-corrected chi connectivity index (χ0v) is 16.3. The SMILES string of the molecule is CCCCC(CN)NC(=O)c1cc(-c2cc(C)oc2C)nc2onc(C)c12. The molecule has 3 rings (SSSR count). The molecule has 0 aliphatic rings. The average Bonchev–Trinajstić information content (AvgIpc) is 3.19. The highest BCUT2D eigenvalue weighted by molar-refractivity contribution is 6.07. The summed E-state index contributed by atoms with van der Waals surface area (Å²) in [7, 11) is 0. The topological polar surface area (TPSA) is 107 Å². The number of aryl methyl sites for hydroxylation is 3. The molecule has 3 heterocycles. The van der Waals surface area contributed by atoms with E-state index in [4.69, 9.17) is 14.7 Å². The Balaban J connectivity index is 2.03. The third kappa shape index (κ3) is 3.88. The second kappa shape index (κ2) is 7.92. The van der Waals surface area contributed by atoms with Gasteiger partial charge in [0.1, 0.15) is 11.5 Å². The number of carbonyl (C=O) groups is 1. The second-order valence-corrected chi connectivity index (χ2v) is 6.88. The summed E-state index contributed by atoms with van der Waals surface area (Å²) in [6.45, 7) is 8.06. The fourth-order valence-electron chi connectivity index (χ4n) is 3.26. The Hall–Kier alpha value is -2.67. The first-order valence-electron chi connectivity index (χ1n) is 9.30. The largest absolute Gasteiger partial charge is 0.466 e. The molecule has 1 unspecified atom stereocenters. The molecule has 0 aromatic carbocycles. The molecule has 144 valence electrons. The van der Waals surface area contributed by atoms with Gasteiger partial charge in [0.15, 0.2) is 0 Å².